The van der Waals surface area contributed by atoms with E-state index in [1.54, 1.807) is 11.8 Å². The molecule has 1 unspecified atom stereocenters. The van der Waals surface area contributed by atoms with Gasteiger partial charge in [-0.3, -0.25) is 4.79 Å². The Morgan fingerprint density at radius 1 is 1.56 bits per heavy atom. The van der Waals surface area contributed by atoms with Crippen molar-refractivity contribution < 1.29 is 9.53 Å². The molecule has 88 valence electrons. The lowest BCUT2D eigenvalue weighted by molar-refractivity contribution is -0.140. The molecule has 0 saturated heterocycles. The van der Waals surface area contributed by atoms with Crippen molar-refractivity contribution in [1.82, 2.24) is 0 Å². The van der Waals surface area contributed by atoms with Gasteiger partial charge in [0.2, 0.25) is 0 Å². The number of rotatable bonds is 4. The molecular formula is C12H17NO2S. The number of ether oxygens (including phenoxy) is 1. The van der Waals surface area contributed by atoms with Crippen molar-refractivity contribution in [3.05, 3.63) is 23.8 Å². The van der Waals surface area contributed by atoms with Gasteiger partial charge in [-0.2, -0.15) is 0 Å². The van der Waals surface area contributed by atoms with Crippen LogP contribution in [0.5, 0.6) is 0 Å². The van der Waals surface area contributed by atoms with Gasteiger partial charge < -0.3 is 10.5 Å². The number of nitrogen functional groups attached to an aromatic ring is 1. The molecule has 0 aliphatic heterocycles. The fraction of sp³-hybridized carbons (Fsp3) is 0.417. The Morgan fingerprint density at radius 3 is 2.81 bits per heavy atom. The Labute approximate surface area is 100 Å². The van der Waals surface area contributed by atoms with Gasteiger partial charge >= 0.3 is 5.97 Å². The number of benzene rings is 1. The number of methoxy groups -OCH3 is 1. The first-order valence-electron chi connectivity index (χ1n) is 5.12. The third-order valence-corrected chi connectivity index (χ3v) is 3.49. The van der Waals surface area contributed by atoms with Crippen molar-refractivity contribution in [2.75, 3.05) is 12.8 Å². The average Bonchev–Trinajstić information content (AvgIpc) is 2.22. The fourth-order valence-electron chi connectivity index (χ4n) is 1.38. The van der Waals surface area contributed by atoms with Crippen molar-refractivity contribution >= 4 is 23.4 Å². The van der Waals surface area contributed by atoms with E-state index in [-0.39, 0.29) is 11.2 Å². The maximum Gasteiger partial charge on any atom is 0.306 e. The number of esters is 1. The SMILES string of the molecule is COC(=O)CC(C)Sc1ccc(N)cc1C. The van der Waals surface area contributed by atoms with Crippen LogP contribution in [0.25, 0.3) is 0 Å². The van der Waals surface area contributed by atoms with E-state index >= 15 is 0 Å². The molecule has 1 aromatic rings. The molecule has 0 fully saturated rings. The third kappa shape index (κ3) is 3.77. The molecule has 16 heavy (non-hydrogen) atoms. The Morgan fingerprint density at radius 2 is 2.25 bits per heavy atom. The quantitative estimate of drug-likeness (QED) is 0.498. The van der Waals surface area contributed by atoms with Crippen LogP contribution in [0.15, 0.2) is 23.1 Å². The zero-order chi connectivity index (χ0) is 12.1. The number of anilines is 1. The molecule has 4 heteroatoms. The van der Waals surface area contributed by atoms with Crippen LogP contribution in [-0.4, -0.2) is 18.3 Å². The first kappa shape index (κ1) is 12.9. The minimum atomic E-state index is -0.173. The highest BCUT2D eigenvalue weighted by Crippen LogP contribution is 2.29. The molecule has 0 spiro atoms. The molecule has 0 radical (unpaired) electrons. The van der Waals surface area contributed by atoms with Crippen LogP contribution in [0.3, 0.4) is 0 Å². The molecule has 1 aromatic carbocycles. The van der Waals surface area contributed by atoms with Crippen LogP contribution in [0.1, 0.15) is 18.9 Å². The highest BCUT2D eigenvalue weighted by molar-refractivity contribution is 8.00. The number of aryl methyl sites for hydroxylation is 1. The van der Waals surface area contributed by atoms with Gasteiger partial charge in [-0.1, -0.05) is 6.92 Å². The first-order valence-corrected chi connectivity index (χ1v) is 6.00. The Hall–Kier alpha value is -1.16. The molecule has 0 aliphatic carbocycles. The molecule has 0 saturated carbocycles. The maximum absolute atomic E-state index is 11.1. The second-order valence-electron chi connectivity index (χ2n) is 3.73. The highest BCUT2D eigenvalue weighted by atomic mass is 32.2. The standard InChI is InChI=1S/C12H17NO2S/c1-8-6-10(13)4-5-11(8)16-9(2)7-12(14)15-3/h4-6,9H,7,13H2,1-3H3. The molecule has 0 heterocycles. The van der Waals surface area contributed by atoms with Crippen LogP contribution in [-0.2, 0) is 9.53 Å². The summed E-state index contributed by atoms with van der Waals surface area (Å²) in [5.41, 5.74) is 7.58. The van der Waals surface area contributed by atoms with Crippen molar-refractivity contribution in [1.29, 1.82) is 0 Å². The van der Waals surface area contributed by atoms with E-state index in [1.807, 2.05) is 32.0 Å². The molecule has 3 nitrogen and oxygen atoms in total. The summed E-state index contributed by atoms with van der Waals surface area (Å²) in [5, 5.41) is 0.203. The molecule has 1 atom stereocenters. The minimum absolute atomic E-state index is 0.173. The summed E-state index contributed by atoms with van der Waals surface area (Å²) in [7, 11) is 1.41. The first-order chi connectivity index (χ1) is 7.52. The van der Waals surface area contributed by atoms with Gasteiger partial charge in [-0.15, -0.1) is 11.8 Å². The predicted molar refractivity (Wildman–Crippen MR) is 67.5 cm³/mol. The monoisotopic (exact) mass is 239 g/mol. The van der Waals surface area contributed by atoms with Crippen LogP contribution >= 0.6 is 11.8 Å². The van der Waals surface area contributed by atoms with E-state index in [2.05, 4.69) is 4.74 Å². The van der Waals surface area contributed by atoms with Gasteiger partial charge in [0.05, 0.1) is 13.5 Å². The largest absolute Gasteiger partial charge is 0.469 e. The summed E-state index contributed by atoms with van der Waals surface area (Å²) in [6, 6.07) is 5.80. The van der Waals surface area contributed by atoms with E-state index in [4.69, 9.17) is 5.73 Å². The van der Waals surface area contributed by atoms with Crippen LogP contribution < -0.4 is 5.73 Å². The van der Waals surface area contributed by atoms with Gasteiger partial charge in [0, 0.05) is 15.8 Å². The lowest BCUT2D eigenvalue weighted by Crippen LogP contribution is -2.08. The molecule has 0 aromatic heterocycles. The second kappa shape index (κ2) is 5.80. The zero-order valence-corrected chi connectivity index (χ0v) is 10.6. The van der Waals surface area contributed by atoms with Crippen LogP contribution in [0.4, 0.5) is 5.69 Å². The molecule has 1 rings (SSSR count). The fourth-order valence-corrected chi connectivity index (χ4v) is 2.43. The molecule has 0 bridgehead atoms. The predicted octanol–water partition coefficient (Wildman–Crippen LogP) is 2.62. The van der Waals surface area contributed by atoms with E-state index < -0.39 is 0 Å². The topological polar surface area (TPSA) is 52.3 Å². The number of nitrogens with two attached hydrogens (primary N) is 1. The van der Waals surface area contributed by atoms with Crippen LogP contribution in [0.2, 0.25) is 0 Å². The zero-order valence-electron chi connectivity index (χ0n) is 9.82. The number of carbonyl (C=O) groups excluding carboxylic acids is 1. The second-order valence-corrected chi connectivity index (χ2v) is 5.21. The lowest BCUT2D eigenvalue weighted by atomic mass is 10.2. The Balaban J connectivity index is 2.62. The minimum Gasteiger partial charge on any atom is -0.469 e. The average molecular weight is 239 g/mol. The highest BCUT2D eigenvalue weighted by Gasteiger charge is 2.11. The van der Waals surface area contributed by atoms with Gasteiger partial charge in [0.1, 0.15) is 0 Å². The van der Waals surface area contributed by atoms with E-state index in [9.17, 15) is 4.79 Å². The summed E-state index contributed by atoms with van der Waals surface area (Å²) in [6.07, 6.45) is 0.422. The van der Waals surface area contributed by atoms with Crippen molar-refractivity contribution in [2.45, 2.75) is 30.4 Å². The number of hydrogen-bond donors (Lipinski definition) is 1. The van der Waals surface area contributed by atoms with Gasteiger partial charge in [-0.25, -0.2) is 0 Å². The van der Waals surface area contributed by atoms with Crippen molar-refractivity contribution in [3.8, 4) is 0 Å². The Kier molecular flexibility index (Phi) is 4.68. The molecule has 2 N–H and O–H groups in total. The summed E-state index contributed by atoms with van der Waals surface area (Å²) >= 11 is 1.67. The van der Waals surface area contributed by atoms with E-state index in [0.29, 0.717) is 6.42 Å². The molecule has 0 amide bonds. The third-order valence-electron chi connectivity index (χ3n) is 2.21. The summed E-state index contributed by atoms with van der Waals surface area (Å²) < 4.78 is 4.64. The number of thioether (sulfide) groups is 1. The van der Waals surface area contributed by atoms with E-state index in [0.717, 1.165) is 16.1 Å². The maximum atomic E-state index is 11.1. The Bertz CT molecular complexity index is 379. The van der Waals surface area contributed by atoms with Crippen molar-refractivity contribution in [2.24, 2.45) is 0 Å². The van der Waals surface area contributed by atoms with Crippen LogP contribution in [0, 0.1) is 6.92 Å². The summed E-state index contributed by atoms with van der Waals surface area (Å²) in [5.74, 6) is -0.173. The van der Waals surface area contributed by atoms with Gasteiger partial charge in [0.15, 0.2) is 0 Å². The van der Waals surface area contributed by atoms with Gasteiger partial charge in [-0.05, 0) is 30.7 Å². The number of hydrogen-bond acceptors (Lipinski definition) is 4. The summed E-state index contributed by atoms with van der Waals surface area (Å²) in [6.45, 7) is 4.03. The molecular weight excluding hydrogens is 222 g/mol. The molecule has 0 aliphatic rings. The van der Waals surface area contributed by atoms with Gasteiger partial charge in [0.25, 0.3) is 0 Å². The van der Waals surface area contributed by atoms with Crippen molar-refractivity contribution in [3.63, 3.8) is 0 Å². The lowest BCUT2D eigenvalue weighted by Gasteiger charge is -2.12. The summed E-state index contributed by atoms with van der Waals surface area (Å²) in [4.78, 5) is 12.3. The number of carbonyl (C=O) groups is 1. The smallest absolute Gasteiger partial charge is 0.306 e. The van der Waals surface area contributed by atoms with E-state index in [1.165, 1.54) is 7.11 Å². The normalized spacial score (nSPS) is 12.2.